The van der Waals surface area contributed by atoms with Crippen LogP contribution in [-0.2, 0) is 16.0 Å². The first kappa shape index (κ1) is 17.4. The number of rotatable bonds is 5. The van der Waals surface area contributed by atoms with Crippen LogP contribution >= 0.6 is 0 Å². The summed E-state index contributed by atoms with van der Waals surface area (Å²) in [6.45, 7) is 0. The molecule has 2 amide bonds. The molecular weight excluding hydrogens is 324 g/mol. The Balaban J connectivity index is 1.69. The average Bonchev–Trinajstić information content (AvgIpc) is 2.69. The molecule has 0 radical (unpaired) electrons. The normalized spacial score (nSPS) is 10.3. The summed E-state index contributed by atoms with van der Waals surface area (Å²) in [4.78, 5) is 24.9. The van der Waals surface area contributed by atoms with Crippen molar-refractivity contribution in [3.63, 3.8) is 0 Å². The fourth-order valence-electron chi connectivity index (χ4n) is 2.82. The lowest BCUT2D eigenvalue weighted by Gasteiger charge is -2.18. The largest absolute Gasteiger partial charge is 0.273 e. The molecule has 0 atom stereocenters. The Labute approximate surface area is 152 Å². The lowest BCUT2D eigenvalue weighted by molar-refractivity contribution is -0.128. The standard InChI is InChI=1S/C22H20N2O2/c25-20(16-17-10-4-1-5-11-17)23-24-22(26)21(18-12-6-2-7-13-18)19-14-8-3-9-15-19/h1-15,21H,16H2,(H,23,25)(H,24,26). The van der Waals surface area contributed by atoms with Crippen LogP contribution in [0, 0.1) is 0 Å². The zero-order valence-electron chi connectivity index (χ0n) is 14.3. The first-order chi connectivity index (χ1) is 12.7. The van der Waals surface area contributed by atoms with E-state index in [1.165, 1.54) is 0 Å². The van der Waals surface area contributed by atoms with Crippen molar-refractivity contribution in [3.8, 4) is 0 Å². The molecule has 26 heavy (non-hydrogen) atoms. The van der Waals surface area contributed by atoms with Gasteiger partial charge < -0.3 is 0 Å². The van der Waals surface area contributed by atoms with Crippen LogP contribution in [0.3, 0.4) is 0 Å². The predicted octanol–water partition coefficient (Wildman–Crippen LogP) is 3.21. The van der Waals surface area contributed by atoms with Crippen LogP contribution in [0.15, 0.2) is 91.0 Å². The highest BCUT2D eigenvalue weighted by atomic mass is 16.2. The summed E-state index contributed by atoms with van der Waals surface area (Å²) in [6.07, 6.45) is 0.211. The van der Waals surface area contributed by atoms with E-state index in [-0.39, 0.29) is 18.2 Å². The fraction of sp³-hybridized carbons (Fsp3) is 0.0909. The van der Waals surface area contributed by atoms with Crippen molar-refractivity contribution >= 4 is 11.8 Å². The van der Waals surface area contributed by atoms with Gasteiger partial charge in [0.2, 0.25) is 11.8 Å². The number of nitrogens with one attached hydrogen (secondary N) is 2. The van der Waals surface area contributed by atoms with E-state index in [2.05, 4.69) is 10.9 Å². The van der Waals surface area contributed by atoms with E-state index in [4.69, 9.17) is 0 Å². The number of benzene rings is 3. The maximum atomic E-state index is 12.8. The van der Waals surface area contributed by atoms with Crippen LogP contribution in [0.1, 0.15) is 22.6 Å². The molecule has 3 aromatic carbocycles. The molecule has 4 heteroatoms. The van der Waals surface area contributed by atoms with Crippen LogP contribution in [0.25, 0.3) is 0 Å². The molecule has 0 aliphatic heterocycles. The van der Waals surface area contributed by atoms with Gasteiger partial charge in [-0.1, -0.05) is 91.0 Å². The molecule has 0 unspecified atom stereocenters. The Morgan fingerprint density at radius 3 is 1.62 bits per heavy atom. The summed E-state index contributed by atoms with van der Waals surface area (Å²) in [7, 11) is 0. The van der Waals surface area contributed by atoms with Crippen molar-refractivity contribution in [3.05, 3.63) is 108 Å². The highest BCUT2D eigenvalue weighted by Crippen LogP contribution is 2.24. The van der Waals surface area contributed by atoms with E-state index in [1.807, 2.05) is 91.0 Å². The van der Waals surface area contributed by atoms with Crippen molar-refractivity contribution < 1.29 is 9.59 Å². The van der Waals surface area contributed by atoms with E-state index < -0.39 is 5.92 Å². The second kappa shape index (κ2) is 8.62. The van der Waals surface area contributed by atoms with Crippen molar-refractivity contribution in [1.29, 1.82) is 0 Å². The summed E-state index contributed by atoms with van der Waals surface area (Å²) in [6, 6.07) is 28.4. The van der Waals surface area contributed by atoms with E-state index in [1.54, 1.807) is 0 Å². The van der Waals surface area contributed by atoms with Crippen LogP contribution in [-0.4, -0.2) is 11.8 Å². The third-order valence-corrected chi connectivity index (χ3v) is 4.06. The molecule has 0 spiro atoms. The molecule has 0 fully saturated rings. The van der Waals surface area contributed by atoms with Crippen molar-refractivity contribution in [2.45, 2.75) is 12.3 Å². The highest BCUT2D eigenvalue weighted by Gasteiger charge is 2.22. The fourth-order valence-corrected chi connectivity index (χ4v) is 2.82. The third-order valence-electron chi connectivity index (χ3n) is 4.06. The molecule has 0 aliphatic rings. The van der Waals surface area contributed by atoms with Gasteiger partial charge in [-0.2, -0.15) is 0 Å². The van der Waals surface area contributed by atoms with Crippen LogP contribution in [0.5, 0.6) is 0 Å². The Morgan fingerprint density at radius 1 is 0.654 bits per heavy atom. The van der Waals surface area contributed by atoms with Gasteiger partial charge in [0, 0.05) is 0 Å². The van der Waals surface area contributed by atoms with Crippen LogP contribution in [0.2, 0.25) is 0 Å². The molecule has 4 nitrogen and oxygen atoms in total. The molecule has 2 N–H and O–H groups in total. The minimum atomic E-state index is -0.491. The van der Waals surface area contributed by atoms with Crippen LogP contribution < -0.4 is 10.9 Å². The predicted molar refractivity (Wildman–Crippen MR) is 101 cm³/mol. The minimum Gasteiger partial charge on any atom is -0.273 e. The van der Waals surface area contributed by atoms with Gasteiger partial charge in [0.05, 0.1) is 12.3 Å². The molecule has 0 aromatic heterocycles. The molecule has 0 bridgehead atoms. The second-order valence-corrected chi connectivity index (χ2v) is 5.95. The first-order valence-electron chi connectivity index (χ1n) is 8.46. The van der Waals surface area contributed by atoms with Gasteiger partial charge in [-0.25, -0.2) is 0 Å². The van der Waals surface area contributed by atoms with Gasteiger partial charge in [-0.15, -0.1) is 0 Å². The minimum absolute atomic E-state index is 0.211. The summed E-state index contributed by atoms with van der Waals surface area (Å²) < 4.78 is 0. The third kappa shape index (κ3) is 4.57. The molecule has 0 saturated carbocycles. The van der Waals surface area contributed by atoms with Gasteiger partial charge in [0.15, 0.2) is 0 Å². The highest BCUT2D eigenvalue weighted by molar-refractivity contribution is 5.89. The number of amides is 2. The molecule has 3 aromatic rings. The molecule has 3 rings (SSSR count). The van der Waals surface area contributed by atoms with Gasteiger partial charge in [0.1, 0.15) is 0 Å². The summed E-state index contributed by atoms with van der Waals surface area (Å²) in [5, 5.41) is 0. The number of carbonyl (C=O) groups is 2. The van der Waals surface area contributed by atoms with Crippen molar-refractivity contribution in [2.24, 2.45) is 0 Å². The summed E-state index contributed by atoms with van der Waals surface area (Å²) in [5.41, 5.74) is 7.70. The Kier molecular flexibility index (Phi) is 5.78. The van der Waals surface area contributed by atoms with Crippen LogP contribution in [0.4, 0.5) is 0 Å². The van der Waals surface area contributed by atoms with Gasteiger partial charge in [-0.3, -0.25) is 20.4 Å². The molecule has 0 aliphatic carbocycles. The molecule has 0 heterocycles. The number of hydrazine groups is 1. The lowest BCUT2D eigenvalue weighted by Crippen LogP contribution is -2.44. The number of hydrogen-bond acceptors (Lipinski definition) is 2. The van der Waals surface area contributed by atoms with Crippen molar-refractivity contribution in [1.82, 2.24) is 10.9 Å². The Morgan fingerprint density at radius 2 is 1.12 bits per heavy atom. The average molecular weight is 344 g/mol. The van der Waals surface area contributed by atoms with E-state index >= 15 is 0 Å². The maximum absolute atomic E-state index is 12.8. The van der Waals surface area contributed by atoms with Gasteiger partial charge in [0.25, 0.3) is 0 Å². The SMILES string of the molecule is O=C(Cc1ccccc1)NNC(=O)C(c1ccccc1)c1ccccc1. The molecule has 0 saturated heterocycles. The maximum Gasteiger partial charge on any atom is 0.250 e. The monoisotopic (exact) mass is 344 g/mol. The second-order valence-electron chi connectivity index (χ2n) is 5.95. The first-order valence-corrected chi connectivity index (χ1v) is 8.46. The van der Waals surface area contributed by atoms with E-state index in [0.29, 0.717) is 0 Å². The topological polar surface area (TPSA) is 58.2 Å². The Bertz CT molecular complexity index is 810. The zero-order valence-corrected chi connectivity index (χ0v) is 14.3. The van der Waals surface area contributed by atoms with Gasteiger partial charge >= 0.3 is 0 Å². The number of carbonyl (C=O) groups excluding carboxylic acids is 2. The van der Waals surface area contributed by atoms with E-state index in [9.17, 15) is 9.59 Å². The molecule has 130 valence electrons. The summed E-state index contributed by atoms with van der Waals surface area (Å²) in [5.74, 6) is -1.03. The van der Waals surface area contributed by atoms with E-state index in [0.717, 1.165) is 16.7 Å². The smallest absolute Gasteiger partial charge is 0.250 e. The molecular formula is C22H20N2O2. The zero-order chi connectivity index (χ0) is 18.2. The lowest BCUT2D eigenvalue weighted by atomic mass is 9.91. The summed E-state index contributed by atoms with van der Waals surface area (Å²) >= 11 is 0. The number of hydrogen-bond donors (Lipinski definition) is 2. The van der Waals surface area contributed by atoms with Crippen molar-refractivity contribution in [2.75, 3.05) is 0 Å². The van der Waals surface area contributed by atoms with Gasteiger partial charge in [-0.05, 0) is 16.7 Å². The quantitative estimate of drug-likeness (QED) is 0.698. The Hall–Kier alpha value is -3.40.